The number of rotatable bonds is 6. The molecule has 0 N–H and O–H groups in total. The van der Waals surface area contributed by atoms with E-state index in [1.165, 1.54) is 18.4 Å². The Bertz CT molecular complexity index is 161. The molecule has 0 spiro atoms. The van der Waals surface area contributed by atoms with Gasteiger partial charge in [0.05, 0.1) is 0 Å². The van der Waals surface area contributed by atoms with Crippen LogP contribution in [0.25, 0.3) is 0 Å². The third-order valence-corrected chi connectivity index (χ3v) is 1.93. The Kier molecular flexibility index (Phi) is 7.78. The lowest BCUT2D eigenvalue weighted by Gasteiger charge is -2.01. The molecule has 0 saturated carbocycles. The molecule has 0 fully saturated rings. The highest BCUT2D eigenvalue weighted by Crippen LogP contribution is 2.12. The van der Waals surface area contributed by atoms with Crippen molar-refractivity contribution < 1.29 is 0 Å². The summed E-state index contributed by atoms with van der Waals surface area (Å²) in [5, 5.41) is 0. The summed E-state index contributed by atoms with van der Waals surface area (Å²) in [5.41, 5.74) is 1.54. The van der Waals surface area contributed by atoms with Crippen molar-refractivity contribution in [1.82, 2.24) is 0 Å². The van der Waals surface area contributed by atoms with Crippen LogP contribution in [0.2, 0.25) is 0 Å². The van der Waals surface area contributed by atoms with Gasteiger partial charge in [-0.15, -0.1) is 6.58 Å². The molecule has 12 heavy (non-hydrogen) atoms. The molecule has 68 valence electrons. The Morgan fingerprint density at radius 2 is 2.08 bits per heavy atom. The van der Waals surface area contributed by atoms with Crippen LogP contribution in [0.3, 0.4) is 0 Å². The molecule has 0 radical (unpaired) electrons. The van der Waals surface area contributed by atoms with Gasteiger partial charge in [-0.1, -0.05) is 29.9 Å². The van der Waals surface area contributed by atoms with E-state index in [4.69, 9.17) is 0 Å². The lowest BCUT2D eigenvalue weighted by atomic mass is 10.1. The van der Waals surface area contributed by atoms with Crippen molar-refractivity contribution in [2.24, 2.45) is 0 Å². The molecule has 0 aliphatic heterocycles. The van der Waals surface area contributed by atoms with Crippen LogP contribution < -0.4 is 0 Å². The molecule has 0 unspecified atom stereocenters. The topological polar surface area (TPSA) is 0 Å². The van der Waals surface area contributed by atoms with Gasteiger partial charge in [0, 0.05) is 0 Å². The fraction of sp³-hybridized carbons (Fsp3) is 0.500. The van der Waals surface area contributed by atoms with E-state index >= 15 is 0 Å². The van der Waals surface area contributed by atoms with Crippen LogP contribution in [-0.2, 0) is 0 Å². The molecule has 0 aromatic heterocycles. The van der Waals surface area contributed by atoms with Crippen LogP contribution in [0.4, 0.5) is 0 Å². The summed E-state index contributed by atoms with van der Waals surface area (Å²) in [4.78, 5) is 0. The highest BCUT2D eigenvalue weighted by molar-refractivity contribution is 5.06. The Labute approximate surface area is 76.7 Å². The highest BCUT2D eigenvalue weighted by atomic mass is 14.0. The minimum atomic E-state index is 1.12. The maximum Gasteiger partial charge on any atom is -0.0139 e. The zero-order valence-electron chi connectivity index (χ0n) is 8.34. The summed E-state index contributed by atoms with van der Waals surface area (Å²) in [6, 6.07) is 0. The summed E-state index contributed by atoms with van der Waals surface area (Å²) in [6.45, 7) is 7.90. The molecule has 0 heterocycles. The third kappa shape index (κ3) is 5.96. The SMILES string of the molecule is C=CCCCC(=CC)CC=CC. The monoisotopic (exact) mass is 164 g/mol. The average molecular weight is 164 g/mol. The van der Waals surface area contributed by atoms with Gasteiger partial charge in [-0.25, -0.2) is 0 Å². The van der Waals surface area contributed by atoms with Crippen LogP contribution >= 0.6 is 0 Å². The fourth-order valence-electron chi connectivity index (χ4n) is 1.11. The van der Waals surface area contributed by atoms with Crippen molar-refractivity contribution in [2.75, 3.05) is 0 Å². The number of hydrogen-bond acceptors (Lipinski definition) is 0. The maximum absolute atomic E-state index is 3.71. The van der Waals surface area contributed by atoms with E-state index in [0.717, 1.165) is 12.8 Å². The van der Waals surface area contributed by atoms with Gasteiger partial charge < -0.3 is 0 Å². The molecule has 0 aromatic carbocycles. The normalized spacial score (nSPS) is 12.3. The van der Waals surface area contributed by atoms with Gasteiger partial charge in [0.1, 0.15) is 0 Å². The summed E-state index contributed by atoms with van der Waals surface area (Å²) in [7, 11) is 0. The zero-order valence-corrected chi connectivity index (χ0v) is 8.34. The number of allylic oxidation sites excluding steroid dienone is 5. The van der Waals surface area contributed by atoms with Crippen molar-refractivity contribution in [3.63, 3.8) is 0 Å². The molecule has 0 saturated heterocycles. The van der Waals surface area contributed by atoms with Gasteiger partial charge in [-0.2, -0.15) is 0 Å². The molecule has 0 nitrogen and oxygen atoms in total. The molecule has 0 rings (SSSR count). The third-order valence-electron chi connectivity index (χ3n) is 1.93. The number of unbranched alkanes of at least 4 members (excludes halogenated alkanes) is 1. The van der Waals surface area contributed by atoms with Crippen LogP contribution in [0.5, 0.6) is 0 Å². The van der Waals surface area contributed by atoms with Crippen LogP contribution in [0.1, 0.15) is 39.5 Å². The van der Waals surface area contributed by atoms with Crippen molar-refractivity contribution in [2.45, 2.75) is 39.5 Å². The Balaban J connectivity index is 3.61. The predicted molar refractivity (Wildman–Crippen MR) is 57.2 cm³/mol. The quantitative estimate of drug-likeness (QED) is 0.406. The molecule has 0 bridgehead atoms. The van der Waals surface area contributed by atoms with Crippen LogP contribution in [-0.4, -0.2) is 0 Å². The second kappa shape index (κ2) is 8.32. The molecule has 0 atom stereocenters. The smallest absolute Gasteiger partial charge is 0.0139 e. The molecule has 0 heteroatoms. The summed E-state index contributed by atoms with van der Waals surface area (Å²) >= 11 is 0. The Hall–Kier alpha value is -0.780. The lowest BCUT2D eigenvalue weighted by molar-refractivity contribution is 0.815. The molecule has 0 aliphatic carbocycles. The second-order valence-corrected chi connectivity index (χ2v) is 2.90. The molecule has 0 amide bonds. The van der Waals surface area contributed by atoms with Crippen molar-refractivity contribution in [1.29, 1.82) is 0 Å². The molecule has 0 aromatic rings. The lowest BCUT2D eigenvalue weighted by Crippen LogP contribution is -1.81. The van der Waals surface area contributed by atoms with E-state index in [1.807, 2.05) is 6.08 Å². The maximum atomic E-state index is 3.71. The van der Waals surface area contributed by atoms with Gasteiger partial charge in [0.15, 0.2) is 0 Å². The molecular formula is C12H20. The van der Waals surface area contributed by atoms with Gasteiger partial charge in [-0.3, -0.25) is 0 Å². The van der Waals surface area contributed by atoms with E-state index in [1.54, 1.807) is 0 Å². The van der Waals surface area contributed by atoms with Crippen LogP contribution in [0, 0.1) is 0 Å². The Morgan fingerprint density at radius 1 is 1.33 bits per heavy atom. The first-order chi connectivity index (χ1) is 5.85. The standard InChI is InChI=1S/C12H20/c1-4-7-9-11-12(6-3)10-8-5-2/h4-6,8H,1,7,9-11H2,2-3H3. The van der Waals surface area contributed by atoms with Crippen molar-refractivity contribution >= 4 is 0 Å². The summed E-state index contributed by atoms with van der Waals surface area (Å²) in [6.07, 6.45) is 13.2. The van der Waals surface area contributed by atoms with E-state index in [2.05, 4.69) is 38.7 Å². The van der Waals surface area contributed by atoms with Crippen molar-refractivity contribution in [3.05, 3.63) is 36.5 Å². The van der Waals surface area contributed by atoms with Gasteiger partial charge >= 0.3 is 0 Å². The molecular weight excluding hydrogens is 144 g/mol. The fourth-order valence-corrected chi connectivity index (χ4v) is 1.11. The first-order valence-electron chi connectivity index (χ1n) is 4.71. The minimum Gasteiger partial charge on any atom is -0.103 e. The van der Waals surface area contributed by atoms with E-state index in [9.17, 15) is 0 Å². The van der Waals surface area contributed by atoms with Gasteiger partial charge in [0.2, 0.25) is 0 Å². The van der Waals surface area contributed by atoms with E-state index in [-0.39, 0.29) is 0 Å². The zero-order chi connectivity index (χ0) is 9.23. The van der Waals surface area contributed by atoms with Crippen LogP contribution in [0.15, 0.2) is 36.5 Å². The van der Waals surface area contributed by atoms with E-state index < -0.39 is 0 Å². The molecule has 0 aliphatic rings. The minimum absolute atomic E-state index is 1.12. The Morgan fingerprint density at radius 3 is 2.58 bits per heavy atom. The highest BCUT2D eigenvalue weighted by Gasteiger charge is 1.92. The average Bonchev–Trinajstić information content (AvgIpc) is 2.11. The van der Waals surface area contributed by atoms with Crippen molar-refractivity contribution in [3.8, 4) is 0 Å². The largest absolute Gasteiger partial charge is 0.103 e. The predicted octanol–water partition coefficient (Wildman–Crippen LogP) is 4.26. The summed E-state index contributed by atoms with van der Waals surface area (Å²) < 4.78 is 0. The van der Waals surface area contributed by atoms with E-state index in [0.29, 0.717) is 0 Å². The van der Waals surface area contributed by atoms with Gasteiger partial charge in [0.25, 0.3) is 0 Å². The second-order valence-electron chi connectivity index (χ2n) is 2.90. The first-order valence-corrected chi connectivity index (χ1v) is 4.71. The number of hydrogen-bond donors (Lipinski definition) is 0. The summed E-state index contributed by atoms with van der Waals surface area (Å²) in [5.74, 6) is 0. The van der Waals surface area contributed by atoms with Gasteiger partial charge in [-0.05, 0) is 39.5 Å². The first kappa shape index (κ1) is 11.2.